The van der Waals surface area contributed by atoms with Crippen LogP contribution in [-0.4, -0.2) is 45.1 Å². The van der Waals surface area contributed by atoms with Gasteiger partial charge >= 0.3 is 0 Å². The van der Waals surface area contributed by atoms with Crippen LogP contribution in [0.25, 0.3) is 0 Å². The standard InChI is InChI=1S/C9H12BrClN2O3S2/c10-9-7(11)3-8(17-9)18(14,15)13-1-2-16-6(4-12)5-13/h3,6H,1-2,4-5,12H2. The van der Waals surface area contributed by atoms with E-state index in [4.69, 9.17) is 22.1 Å². The highest BCUT2D eigenvalue weighted by atomic mass is 79.9. The Hall–Kier alpha value is 0.300. The van der Waals surface area contributed by atoms with Gasteiger partial charge in [0.1, 0.15) is 4.21 Å². The summed E-state index contributed by atoms with van der Waals surface area (Å²) in [7, 11) is -3.50. The van der Waals surface area contributed by atoms with Gasteiger partial charge in [-0.2, -0.15) is 4.31 Å². The van der Waals surface area contributed by atoms with Crippen LogP contribution in [0.3, 0.4) is 0 Å². The topological polar surface area (TPSA) is 72.6 Å². The SMILES string of the molecule is NCC1CN(S(=O)(=O)c2cc(Cl)c(Br)s2)CCO1. The van der Waals surface area contributed by atoms with E-state index in [1.165, 1.54) is 10.4 Å². The van der Waals surface area contributed by atoms with E-state index in [1.807, 2.05) is 0 Å². The van der Waals surface area contributed by atoms with E-state index in [2.05, 4.69) is 15.9 Å². The van der Waals surface area contributed by atoms with Crippen LogP contribution in [0.5, 0.6) is 0 Å². The van der Waals surface area contributed by atoms with E-state index >= 15 is 0 Å². The van der Waals surface area contributed by atoms with Gasteiger partial charge < -0.3 is 10.5 Å². The molecule has 1 aliphatic rings. The number of morpholine rings is 1. The molecule has 0 radical (unpaired) electrons. The summed E-state index contributed by atoms with van der Waals surface area (Å²) in [6, 6.07) is 1.46. The maximum absolute atomic E-state index is 12.4. The number of hydrogen-bond donors (Lipinski definition) is 1. The van der Waals surface area contributed by atoms with Gasteiger partial charge in [0, 0.05) is 19.6 Å². The minimum absolute atomic E-state index is 0.233. The zero-order valence-corrected chi connectivity index (χ0v) is 13.3. The van der Waals surface area contributed by atoms with E-state index in [9.17, 15) is 8.42 Å². The number of halogens is 2. The summed E-state index contributed by atoms with van der Waals surface area (Å²) in [6.45, 7) is 1.29. The molecule has 1 saturated heterocycles. The van der Waals surface area contributed by atoms with E-state index in [0.717, 1.165) is 11.3 Å². The fourth-order valence-electron chi connectivity index (χ4n) is 1.63. The lowest BCUT2D eigenvalue weighted by atomic mass is 10.3. The first-order valence-corrected chi connectivity index (χ1v) is 8.64. The van der Waals surface area contributed by atoms with Crippen LogP contribution in [-0.2, 0) is 14.8 Å². The average molecular weight is 376 g/mol. The third-order valence-corrected chi connectivity index (χ3v) is 7.37. The molecule has 9 heteroatoms. The van der Waals surface area contributed by atoms with Crippen LogP contribution in [0.4, 0.5) is 0 Å². The maximum atomic E-state index is 12.4. The zero-order valence-electron chi connectivity index (χ0n) is 9.30. The predicted molar refractivity (Wildman–Crippen MR) is 74.6 cm³/mol. The molecule has 0 bridgehead atoms. The molecule has 2 heterocycles. The summed E-state index contributed by atoms with van der Waals surface area (Å²) in [6.07, 6.45) is -0.243. The molecule has 1 aliphatic heterocycles. The van der Waals surface area contributed by atoms with Gasteiger partial charge in [-0.3, -0.25) is 0 Å². The number of nitrogens with zero attached hydrogens (tertiary/aromatic N) is 1. The normalized spacial score (nSPS) is 22.3. The number of sulfonamides is 1. The van der Waals surface area contributed by atoms with Crippen LogP contribution in [0.15, 0.2) is 14.1 Å². The number of thiophene rings is 1. The minimum atomic E-state index is -3.50. The molecule has 1 aromatic heterocycles. The highest BCUT2D eigenvalue weighted by Gasteiger charge is 2.31. The maximum Gasteiger partial charge on any atom is 0.252 e. The van der Waals surface area contributed by atoms with Crippen molar-refractivity contribution in [3.63, 3.8) is 0 Å². The second kappa shape index (κ2) is 5.74. The fraction of sp³-hybridized carbons (Fsp3) is 0.556. The quantitative estimate of drug-likeness (QED) is 0.869. The van der Waals surface area contributed by atoms with Crippen LogP contribution in [0.1, 0.15) is 0 Å². The molecule has 1 fully saturated rings. The smallest absolute Gasteiger partial charge is 0.252 e. The van der Waals surface area contributed by atoms with Gasteiger partial charge in [-0.1, -0.05) is 11.6 Å². The van der Waals surface area contributed by atoms with Gasteiger partial charge in [-0.15, -0.1) is 11.3 Å². The Kier molecular flexibility index (Phi) is 4.69. The van der Waals surface area contributed by atoms with Crippen molar-refractivity contribution < 1.29 is 13.2 Å². The van der Waals surface area contributed by atoms with E-state index < -0.39 is 10.0 Å². The van der Waals surface area contributed by atoms with E-state index in [0.29, 0.717) is 28.5 Å². The van der Waals surface area contributed by atoms with E-state index in [1.54, 1.807) is 0 Å². The molecular weight excluding hydrogens is 364 g/mol. The number of rotatable bonds is 3. The molecule has 0 aromatic carbocycles. The Morgan fingerprint density at radius 2 is 2.39 bits per heavy atom. The molecule has 0 spiro atoms. The number of hydrogen-bond acceptors (Lipinski definition) is 5. The lowest BCUT2D eigenvalue weighted by molar-refractivity contribution is 0.00456. The third kappa shape index (κ3) is 2.90. The third-order valence-electron chi connectivity index (χ3n) is 2.58. The van der Waals surface area contributed by atoms with Crippen LogP contribution in [0.2, 0.25) is 5.02 Å². The van der Waals surface area contributed by atoms with Crippen molar-refractivity contribution >= 4 is 48.9 Å². The Morgan fingerprint density at radius 1 is 1.67 bits per heavy atom. The van der Waals surface area contributed by atoms with Crippen molar-refractivity contribution in [1.29, 1.82) is 0 Å². The Morgan fingerprint density at radius 3 is 2.94 bits per heavy atom. The highest BCUT2D eigenvalue weighted by Crippen LogP contribution is 2.36. The first-order chi connectivity index (χ1) is 8.45. The van der Waals surface area contributed by atoms with Gasteiger partial charge in [0.05, 0.1) is 21.5 Å². The van der Waals surface area contributed by atoms with Crippen molar-refractivity contribution in [2.24, 2.45) is 5.73 Å². The molecule has 0 aliphatic carbocycles. The molecule has 0 amide bonds. The van der Waals surface area contributed by atoms with Gasteiger partial charge in [0.15, 0.2) is 0 Å². The Bertz CT molecular complexity index is 514. The highest BCUT2D eigenvalue weighted by molar-refractivity contribution is 9.11. The second-order valence-electron chi connectivity index (χ2n) is 3.78. The fourth-order valence-corrected chi connectivity index (χ4v) is 5.64. The molecule has 1 atom stereocenters. The van der Waals surface area contributed by atoms with Gasteiger partial charge in [0.25, 0.3) is 10.0 Å². The largest absolute Gasteiger partial charge is 0.374 e. The van der Waals surface area contributed by atoms with Crippen molar-refractivity contribution in [1.82, 2.24) is 4.31 Å². The molecule has 0 saturated carbocycles. The van der Waals surface area contributed by atoms with E-state index in [-0.39, 0.29) is 16.9 Å². The summed E-state index contributed by atoms with van der Waals surface area (Å²) in [5.74, 6) is 0. The number of nitrogens with two attached hydrogens (primary N) is 1. The van der Waals surface area contributed by atoms with Crippen molar-refractivity contribution in [3.05, 3.63) is 14.9 Å². The van der Waals surface area contributed by atoms with Crippen LogP contribution in [0, 0.1) is 0 Å². The monoisotopic (exact) mass is 374 g/mol. The van der Waals surface area contributed by atoms with Crippen LogP contribution < -0.4 is 5.73 Å². The molecule has 102 valence electrons. The first-order valence-electron chi connectivity index (χ1n) is 5.22. The number of ether oxygens (including phenoxy) is 1. The van der Waals surface area contributed by atoms with Crippen molar-refractivity contribution in [3.8, 4) is 0 Å². The Labute approximate surface area is 123 Å². The van der Waals surface area contributed by atoms with Crippen molar-refractivity contribution in [2.75, 3.05) is 26.2 Å². The van der Waals surface area contributed by atoms with Gasteiger partial charge in [0.2, 0.25) is 0 Å². The van der Waals surface area contributed by atoms with Crippen LogP contribution >= 0.6 is 38.9 Å². The lowest BCUT2D eigenvalue weighted by Crippen LogP contribution is -2.47. The summed E-state index contributed by atoms with van der Waals surface area (Å²) < 4.78 is 32.3. The molecule has 18 heavy (non-hydrogen) atoms. The molecule has 1 aromatic rings. The predicted octanol–water partition coefficient (Wildman–Crippen LogP) is 1.51. The summed E-state index contributed by atoms with van der Waals surface area (Å²) >= 11 is 10.2. The lowest BCUT2D eigenvalue weighted by Gasteiger charge is -2.31. The molecule has 5 nitrogen and oxygen atoms in total. The molecule has 1 unspecified atom stereocenters. The zero-order chi connectivity index (χ0) is 13.3. The second-order valence-corrected chi connectivity index (χ2v) is 8.72. The molecule has 2 N–H and O–H groups in total. The average Bonchev–Trinajstić information content (AvgIpc) is 2.70. The molecular formula is C9H12BrClN2O3S2. The Balaban J connectivity index is 2.25. The van der Waals surface area contributed by atoms with Gasteiger partial charge in [-0.05, 0) is 22.0 Å². The first kappa shape index (κ1) is 14.7. The molecule has 2 rings (SSSR count). The van der Waals surface area contributed by atoms with Crippen molar-refractivity contribution in [2.45, 2.75) is 10.3 Å². The van der Waals surface area contributed by atoms with Gasteiger partial charge in [-0.25, -0.2) is 8.42 Å². The summed E-state index contributed by atoms with van der Waals surface area (Å²) in [5.41, 5.74) is 5.50. The summed E-state index contributed by atoms with van der Waals surface area (Å²) in [5, 5.41) is 0.405. The minimum Gasteiger partial charge on any atom is -0.374 e. The summed E-state index contributed by atoms with van der Waals surface area (Å²) in [4.78, 5) is 0.